The summed E-state index contributed by atoms with van der Waals surface area (Å²) in [5.74, 6) is 0.0252. The Morgan fingerprint density at radius 1 is 1.03 bits per heavy atom. The summed E-state index contributed by atoms with van der Waals surface area (Å²) in [5, 5.41) is 4.01. The van der Waals surface area contributed by atoms with Crippen LogP contribution in [0.25, 0.3) is 0 Å². The zero-order valence-electron chi connectivity index (χ0n) is 15.8. The molecule has 1 N–H and O–H groups in total. The fourth-order valence-electron chi connectivity index (χ4n) is 2.44. The van der Waals surface area contributed by atoms with E-state index in [2.05, 4.69) is 9.93 Å². The highest BCUT2D eigenvalue weighted by Crippen LogP contribution is 2.26. The van der Waals surface area contributed by atoms with Gasteiger partial charge in [0.05, 0.1) is 18.9 Å². The molecular weight excluding hydrogens is 428 g/mol. The fourth-order valence-corrected chi connectivity index (χ4v) is 3.67. The number of ether oxygens (including phenoxy) is 2. The summed E-state index contributed by atoms with van der Waals surface area (Å²) in [7, 11) is -2.62. The first-order valence-electron chi connectivity index (χ1n) is 8.65. The van der Waals surface area contributed by atoms with Crippen molar-refractivity contribution < 1.29 is 22.7 Å². The van der Waals surface area contributed by atoms with Gasteiger partial charge in [0, 0.05) is 5.02 Å². The minimum atomic E-state index is -3.98. The van der Waals surface area contributed by atoms with Crippen molar-refractivity contribution in [1.82, 2.24) is 4.83 Å². The largest absolute Gasteiger partial charge is 0.495 e. The molecule has 0 aliphatic rings. The minimum Gasteiger partial charge on any atom is -0.495 e. The number of nitrogens with one attached hydrogen (secondary N) is 1. The number of benzene rings is 3. The standard InChI is InChI=1S/C21H17ClN2O5S/c1-28-19-12-9-17(22)13-20(19)30(26,27)24-23-14-15-7-10-18(11-8-15)29-21(25)16-5-3-2-4-6-16/h2-14,24H,1H3/b23-14+. The number of hydrazone groups is 1. The van der Waals surface area contributed by atoms with Gasteiger partial charge >= 0.3 is 5.97 Å². The summed E-state index contributed by atoms with van der Waals surface area (Å²) in [4.78, 5) is 14.0. The maximum atomic E-state index is 12.4. The number of hydrogen-bond donors (Lipinski definition) is 1. The van der Waals surface area contributed by atoms with Crippen LogP contribution in [0.2, 0.25) is 5.02 Å². The third-order valence-electron chi connectivity index (χ3n) is 3.90. The minimum absolute atomic E-state index is 0.127. The smallest absolute Gasteiger partial charge is 0.343 e. The van der Waals surface area contributed by atoms with Crippen molar-refractivity contribution in [3.8, 4) is 11.5 Å². The van der Waals surface area contributed by atoms with Crippen molar-refractivity contribution >= 4 is 33.8 Å². The van der Waals surface area contributed by atoms with E-state index in [9.17, 15) is 13.2 Å². The molecule has 0 spiro atoms. The molecule has 3 aromatic carbocycles. The molecule has 0 saturated heterocycles. The van der Waals surface area contributed by atoms with Crippen LogP contribution in [-0.4, -0.2) is 27.7 Å². The number of carbonyl (C=O) groups excluding carboxylic acids is 1. The van der Waals surface area contributed by atoms with E-state index >= 15 is 0 Å². The summed E-state index contributed by atoms with van der Waals surface area (Å²) in [6, 6.07) is 19.3. The molecule has 0 aliphatic carbocycles. The van der Waals surface area contributed by atoms with Crippen molar-refractivity contribution in [3.63, 3.8) is 0 Å². The van der Waals surface area contributed by atoms with Crippen LogP contribution in [-0.2, 0) is 10.0 Å². The molecule has 0 aliphatic heterocycles. The molecule has 30 heavy (non-hydrogen) atoms. The van der Waals surface area contributed by atoms with Crippen molar-refractivity contribution in [2.24, 2.45) is 5.10 Å². The lowest BCUT2D eigenvalue weighted by molar-refractivity contribution is 0.0734. The monoisotopic (exact) mass is 444 g/mol. The van der Waals surface area contributed by atoms with Gasteiger partial charge in [-0.3, -0.25) is 0 Å². The van der Waals surface area contributed by atoms with Crippen LogP contribution in [0.5, 0.6) is 11.5 Å². The normalized spacial score (nSPS) is 11.3. The number of methoxy groups -OCH3 is 1. The number of sulfonamides is 1. The number of halogens is 1. The molecule has 0 atom stereocenters. The van der Waals surface area contributed by atoms with Crippen molar-refractivity contribution in [2.75, 3.05) is 7.11 Å². The van der Waals surface area contributed by atoms with Gasteiger partial charge in [0.25, 0.3) is 10.0 Å². The van der Waals surface area contributed by atoms with Crippen molar-refractivity contribution in [1.29, 1.82) is 0 Å². The van der Waals surface area contributed by atoms with Crippen LogP contribution >= 0.6 is 11.6 Å². The highest BCUT2D eigenvalue weighted by molar-refractivity contribution is 7.89. The van der Waals surface area contributed by atoms with Gasteiger partial charge < -0.3 is 9.47 Å². The quantitative estimate of drug-likeness (QED) is 0.258. The Labute approximate surface area is 179 Å². The van der Waals surface area contributed by atoms with Gasteiger partial charge in [0.2, 0.25) is 0 Å². The fraction of sp³-hybridized carbons (Fsp3) is 0.0476. The lowest BCUT2D eigenvalue weighted by Crippen LogP contribution is -2.19. The molecule has 0 fully saturated rings. The molecule has 0 amide bonds. The molecule has 154 valence electrons. The van der Waals surface area contributed by atoms with E-state index < -0.39 is 16.0 Å². The van der Waals surface area contributed by atoms with Gasteiger partial charge in [-0.2, -0.15) is 18.4 Å². The Kier molecular flexibility index (Phi) is 6.71. The zero-order valence-corrected chi connectivity index (χ0v) is 17.4. The van der Waals surface area contributed by atoms with E-state index in [0.29, 0.717) is 16.9 Å². The predicted molar refractivity (Wildman–Crippen MR) is 114 cm³/mol. The highest BCUT2D eigenvalue weighted by atomic mass is 35.5. The predicted octanol–water partition coefficient (Wildman–Crippen LogP) is 3.88. The number of esters is 1. The molecule has 0 aromatic heterocycles. The second-order valence-corrected chi connectivity index (χ2v) is 8.04. The number of hydrogen-bond acceptors (Lipinski definition) is 6. The van der Waals surface area contributed by atoms with Crippen LogP contribution in [0.15, 0.2) is 82.8 Å². The summed E-state index contributed by atoms with van der Waals surface area (Å²) in [5.41, 5.74) is 1.03. The molecule has 9 heteroatoms. The van der Waals surface area contributed by atoms with Crippen LogP contribution in [0.4, 0.5) is 0 Å². The Morgan fingerprint density at radius 2 is 1.73 bits per heavy atom. The first-order valence-corrected chi connectivity index (χ1v) is 10.5. The van der Waals surface area contributed by atoms with Crippen LogP contribution < -0.4 is 14.3 Å². The first-order chi connectivity index (χ1) is 14.4. The number of nitrogens with zero attached hydrogens (tertiary/aromatic N) is 1. The SMILES string of the molecule is COc1ccc(Cl)cc1S(=O)(=O)N/N=C/c1ccc(OC(=O)c2ccccc2)cc1. The van der Waals surface area contributed by atoms with Crippen LogP contribution in [0.3, 0.4) is 0 Å². The van der Waals surface area contributed by atoms with E-state index in [0.717, 1.165) is 0 Å². The number of rotatable bonds is 7. The lowest BCUT2D eigenvalue weighted by Gasteiger charge is -2.09. The van der Waals surface area contributed by atoms with E-state index in [4.69, 9.17) is 21.1 Å². The molecule has 7 nitrogen and oxygen atoms in total. The lowest BCUT2D eigenvalue weighted by atomic mass is 10.2. The average Bonchev–Trinajstić information content (AvgIpc) is 2.75. The zero-order chi connectivity index (χ0) is 21.6. The summed E-state index contributed by atoms with van der Waals surface area (Å²) >= 11 is 5.88. The third kappa shape index (κ3) is 5.37. The topological polar surface area (TPSA) is 94.1 Å². The van der Waals surface area contributed by atoms with Crippen molar-refractivity contribution in [2.45, 2.75) is 4.90 Å². The van der Waals surface area contributed by atoms with Gasteiger partial charge in [-0.25, -0.2) is 4.79 Å². The molecule has 3 aromatic rings. The maximum Gasteiger partial charge on any atom is 0.343 e. The molecular formula is C21H17ClN2O5S. The van der Waals surface area contributed by atoms with E-state index in [1.165, 1.54) is 31.5 Å². The molecule has 0 unspecified atom stereocenters. The van der Waals surface area contributed by atoms with Crippen LogP contribution in [0.1, 0.15) is 15.9 Å². The molecule has 3 rings (SSSR count). The van der Waals surface area contributed by atoms with E-state index in [1.807, 2.05) is 6.07 Å². The van der Waals surface area contributed by atoms with Gasteiger partial charge in [0.1, 0.15) is 16.4 Å². The number of carbonyl (C=O) groups is 1. The Hall–Kier alpha value is -3.36. The average molecular weight is 445 g/mol. The summed E-state index contributed by atoms with van der Waals surface area (Å²) < 4.78 is 35.2. The maximum absolute atomic E-state index is 12.4. The van der Waals surface area contributed by atoms with Gasteiger partial charge in [-0.15, -0.1) is 0 Å². The second kappa shape index (κ2) is 9.43. The molecule has 0 radical (unpaired) electrons. The summed E-state index contributed by atoms with van der Waals surface area (Å²) in [6.45, 7) is 0. The van der Waals surface area contributed by atoms with Gasteiger partial charge in [0.15, 0.2) is 0 Å². The van der Waals surface area contributed by atoms with Gasteiger partial charge in [-0.05, 0) is 60.2 Å². The van der Waals surface area contributed by atoms with Crippen LogP contribution in [0, 0.1) is 0 Å². The molecule has 0 heterocycles. The van der Waals surface area contributed by atoms with Crippen molar-refractivity contribution in [3.05, 3.63) is 88.9 Å². The molecule has 0 bridgehead atoms. The Morgan fingerprint density at radius 3 is 2.40 bits per heavy atom. The highest BCUT2D eigenvalue weighted by Gasteiger charge is 2.19. The Bertz CT molecular complexity index is 1160. The summed E-state index contributed by atoms with van der Waals surface area (Å²) in [6.07, 6.45) is 1.32. The first kappa shape index (κ1) is 21.4. The third-order valence-corrected chi connectivity index (χ3v) is 5.38. The van der Waals surface area contributed by atoms with E-state index in [1.54, 1.807) is 48.5 Å². The Balaban J connectivity index is 1.65. The van der Waals surface area contributed by atoms with Gasteiger partial charge in [-0.1, -0.05) is 29.8 Å². The van der Waals surface area contributed by atoms with E-state index in [-0.39, 0.29) is 15.7 Å². The second-order valence-electron chi connectivity index (χ2n) is 5.97. The molecule has 0 saturated carbocycles.